The summed E-state index contributed by atoms with van der Waals surface area (Å²) in [5, 5.41) is 2.03. The van der Waals surface area contributed by atoms with Crippen LogP contribution in [0.1, 0.15) is 24.5 Å². The molecule has 3 rings (SSSR count). The lowest BCUT2D eigenvalue weighted by Gasteiger charge is -2.28. The summed E-state index contributed by atoms with van der Waals surface area (Å²) >= 11 is 1.65. The van der Waals surface area contributed by atoms with E-state index < -0.39 is 0 Å². The van der Waals surface area contributed by atoms with Gasteiger partial charge in [0.15, 0.2) is 0 Å². The number of amides is 1. The second-order valence-corrected chi connectivity index (χ2v) is 7.41. The van der Waals surface area contributed by atoms with Gasteiger partial charge >= 0.3 is 0 Å². The molecule has 0 fully saturated rings. The number of aromatic nitrogens is 2. The molecule has 0 N–H and O–H groups in total. The minimum atomic E-state index is 0.207. The maximum atomic E-state index is 12.8. The molecule has 3 heterocycles. The molecule has 1 amide bonds. The van der Waals surface area contributed by atoms with Gasteiger partial charge in [0, 0.05) is 42.8 Å². The second kappa shape index (κ2) is 7.94. The Morgan fingerprint density at radius 3 is 2.92 bits per heavy atom. The van der Waals surface area contributed by atoms with Crippen molar-refractivity contribution < 1.29 is 4.79 Å². The molecule has 0 saturated carbocycles. The first-order valence-electron chi connectivity index (χ1n) is 8.72. The Balaban J connectivity index is 1.74. The van der Waals surface area contributed by atoms with Crippen molar-refractivity contribution in [2.24, 2.45) is 5.92 Å². The summed E-state index contributed by atoms with van der Waals surface area (Å²) in [6.07, 6.45) is 4.38. The monoisotopic (exact) mass is 346 g/mol. The zero-order chi connectivity index (χ0) is 16.9. The van der Waals surface area contributed by atoms with Crippen molar-refractivity contribution in [1.82, 2.24) is 19.4 Å². The fraction of sp³-hybridized carbons (Fsp3) is 0.556. The summed E-state index contributed by atoms with van der Waals surface area (Å²) in [6.45, 7) is 9.88. The minimum absolute atomic E-state index is 0.207. The molecule has 24 heavy (non-hydrogen) atoms. The molecular formula is C18H26N4OS. The van der Waals surface area contributed by atoms with E-state index in [1.165, 1.54) is 0 Å². The molecule has 5 nitrogen and oxygen atoms in total. The Morgan fingerprint density at radius 2 is 2.21 bits per heavy atom. The molecule has 0 unspecified atom stereocenters. The van der Waals surface area contributed by atoms with Crippen LogP contribution in [0, 0.1) is 5.92 Å². The number of imidazole rings is 1. The van der Waals surface area contributed by atoms with Crippen LogP contribution in [0.5, 0.6) is 0 Å². The smallest absolute Gasteiger partial charge is 0.228 e. The third-order valence-corrected chi connectivity index (χ3v) is 5.61. The molecule has 2 aromatic rings. The van der Waals surface area contributed by atoms with Gasteiger partial charge in [-0.15, -0.1) is 11.3 Å². The number of nitrogens with zero attached hydrogens (tertiary/aromatic N) is 4. The summed E-state index contributed by atoms with van der Waals surface area (Å²) in [5.74, 6) is 1.64. The third-order valence-electron chi connectivity index (χ3n) is 4.74. The Bertz CT molecular complexity index is 648. The Labute approximate surface area is 147 Å². The van der Waals surface area contributed by atoms with Crippen molar-refractivity contribution in [2.45, 2.75) is 33.4 Å². The lowest BCUT2D eigenvalue weighted by molar-refractivity contribution is -0.131. The standard InChI is InChI=1S/C18H26N4OS/c1-3-20(4-2)11-15-12-21-8-7-19-17(21)14-22(13-15)18(23)10-16-6-5-9-24-16/h5-9,15H,3-4,10-14H2,1-2H3/t15-/m0/s1. The summed E-state index contributed by atoms with van der Waals surface area (Å²) < 4.78 is 2.21. The van der Waals surface area contributed by atoms with Crippen molar-refractivity contribution >= 4 is 17.2 Å². The molecule has 1 aliphatic heterocycles. The van der Waals surface area contributed by atoms with Gasteiger partial charge < -0.3 is 14.4 Å². The predicted molar refractivity (Wildman–Crippen MR) is 96.9 cm³/mol. The zero-order valence-corrected chi connectivity index (χ0v) is 15.3. The van der Waals surface area contributed by atoms with Crippen LogP contribution in [0.25, 0.3) is 0 Å². The number of fused-ring (bicyclic) bond motifs is 1. The SMILES string of the molecule is CCN(CC)C[C@@H]1CN(C(=O)Cc2cccs2)Cc2nccn2C1. The zero-order valence-electron chi connectivity index (χ0n) is 14.5. The van der Waals surface area contributed by atoms with E-state index in [9.17, 15) is 4.79 Å². The van der Waals surface area contributed by atoms with E-state index in [1.807, 2.05) is 34.8 Å². The van der Waals surface area contributed by atoms with Crippen LogP contribution >= 0.6 is 11.3 Å². The molecule has 130 valence electrons. The summed E-state index contributed by atoms with van der Waals surface area (Å²) in [4.78, 5) is 22.8. The van der Waals surface area contributed by atoms with E-state index in [4.69, 9.17) is 0 Å². The normalized spacial score (nSPS) is 17.8. The van der Waals surface area contributed by atoms with Gasteiger partial charge in [-0.2, -0.15) is 0 Å². The highest BCUT2D eigenvalue weighted by atomic mass is 32.1. The van der Waals surface area contributed by atoms with Gasteiger partial charge in [-0.3, -0.25) is 4.79 Å². The molecule has 0 saturated heterocycles. The van der Waals surface area contributed by atoms with Gasteiger partial charge in [-0.25, -0.2) is 4.98 Å². The molecule has 0 bridgehead atoms. The third kappa shape index (κ3) is 4.05. The van der Waals surface area contributed by atoms with Crippen LogP contribution in [0.3, 0.4) is 0 Å². The fourth-order valence-corrected chi connectivity index (χ4v) is 4.06. The largest absolute Gasteiger partial charge is 0.335 e. The van der Waals surface area contributed by atoms with Crippen LogP contribution in [0.4, 0.5) is 0 Å². The van der Waals surface area contributed by atoms with Gasteiger partial charge in [0.1, 0.15) is 5.82 Å². The average molecular weight is 347 g/mol. The predicted octanol–water partition coefficient (Wildman–Crippen LogP) is 2.49. The van der Waals surface area contributed by atoms with Gasteiger partial charge in [-0.05, 0) is 24.5 Å². The minimum Gasteiger partial charge on any atom is -0.335 e. The van der Waals surface area contributed by atoms with E-state index in [1.54, 1.807) is 11.3 Å². The van der Waals surface area contributed by atoms with Crippen molar-refractivity contribution in [2.75, 3.05) is 26.2 Å². The Morgan fingerprint density at radius 1 is 1.38 bits per heavy atom. The first-order valence-corrected chi connectivity index (χ1v) is 9.60. The van der Waals surface area contributed by atoms with E-state index in [-0.39, 0.29) is 5.91 Å². The van der Waals surface area contributed by atoms with Gasteiger partial charge in [0.05, 0.1) is 13.0 Å². The number of thiophene rings is 1. The number of rotatable bonds is 6. The fourth-order valence-electron chi connectivity index (χ4n) is 3.37. The van der Waals surface area contributed by atoms with Crippen molar-refractivity contribution in [1.29, 1.82) is 0 Å². The molecule has 0 radical (unpaired) electrons. The molecule has 6 heteroatoms. The molecule has 0 aromatic carbocycles. The second-order valence-electron chi connectivity index (χ2n) is 6.38. The van der Waals surface area contributed by atoms with Crippen molar-refractivity contribution in [3.63, 3.8) is 0 Å². The Hall–Kier alpha value is -1.66. The lowest BCUT2D eigenvalue weighted by Crippen LogP contribution is -2.39. The number of hydrogen-bond donors (Lipinski definition) is 0. The van der Waals surface area contributed by atoms with E-state index in [0.717, 1.165) is 43.4 Å². The highest BCUT2D eigenvalue weighted by Gasteiger charge is 2.26. The first kappa shape index (κ1) is 17.2. The molecule has 0 aliphatic carbocycles. The van der Waals surface area contributed by atoms with Crippen molar-refractivity contribution in [3.8, 4) is 0 Å². The molecule has 1 atom stereocenters. The Kier molecular flexibility index (Phi) is 5.68. The molecule has 1 aliphatic rings. The quantitative estimate of drug-likeness (QED) is 0.807. The maximum Gasteiger partial charge on any atom is 0.228 e. The van der Waals surface area contributed by atoms with E-state index in [2.05, 4.69) is 28.3 Å². The molecule has 2 aromatic heterocycles. The van der Waals surface area contributed by atoms with Crippen LogP contribution in [0.15, 0.2) is 29.9 Å². The van der Waals surface area contributed by atoms with Crippen LogP contribution in [0.2, 0.25) is 0 Å². The molecular weight excluding hydrogens is 320 g/mol. The van der Waals surface area contributed by atoms with Crippen LogP contribution in [-0.2, 0) is 24.3 Å². The van der Waals surface area contributed by atoms with Gasteiger partial charge in [-0.1, -0.05) is 19.9 Å². The van der Waals surface area contributed by atoms with Crippen molar-refractivity contribution in [3.05, 3.63) is 40.6 Å². The number of carbonyl (C=O) groups is 1. The first-order chi connectivity index (χ1) is 11.7. The highest BCUT2D eigenvalue weighted by Crippen LogP contribution is 2.19. The number of carbonyl (C=O) groups excluding carboxylic acids is 1. The van der Waals surface area contributed by atoms with Gasteiger partial charge in [0.25, 0.3) is 0 Å². The topological polar surface area (TPSA) is 41.4 Å². The summed E-state index contributed by atoms with van der Waals surface area (Å²) in [5.41, 5.74) is 0. The highest BCUT2D eigenvalue weighted by molar-refractivity contribution is 7.10. The maximum absolute atomic E-state index is 12.8. The van der Waals surface area contributed by atoms with Crippen LogP contribution in [-0.4, -0.2) is 51.4 Å². The van der Waals surface area contributed by atoms with E-state index >= 15 is 0 Å². The summed E-state index contributed by atoms with van der Waals surface area (Å²) in [7, 11) is 0. The van der Waals surface area contributed by atoms with Crippen LogP contribution < -0.4 is 0 Å². The lowest BCUT2D eigenvalue weighted by atomic mass is 10.1. The molecule has 0 spiro atoms. The van der Waals surface area contributed by atoms with E-state index in [0.29, 0.717) is 18.9 Å². The summed E-state index contributed by atoms with van der Waals surface area (Å²) in [6, 6.07) is 4.04. The van der Waals surface area contributed by atoms with Gasteiger partial charge in [0.2, 0.25) is 5.91 Å². The average Bonchev–Trinajstić information content (AvgIpc) is 3.21. The number of hydrogen-bond acceptors (Lipinski definition) is 4.